The van der Waals surface area contributed by atoms with Crippen molar-refractivity contribution in [2.45, 2.75) is 19.4 Å². The molecule has 0 amide bonds. The van der Waals surface area contributed by atoms with E-state index in [4.69, 9.17) is 26.8 Å². The number of guanidine groups is 1. The van der Waals surface area contributed by atoms with Crippen LogP contribution in [0.1, 0.15) is 24.9 Å². The number of nitrogens with zero attached hydrogens (tertiary/aromatic N) is 2. The van der Waals surface area contributed by atoms with Gasteiger partial charge in [0.1, 0.15) is 0 Å². The SMILES string of the molecule is CCOCCCNC(N)=NCC(c1ccccc1Cl)N1CCOCC1.I. The first-order chi connectivity index (χ1) is 12.2. The van der Waals surface area contributed by atoms with E-state index in [0.717, 1.165) is 63.1 Å². The molecule has 0 aromatic heterocycles. The molecule has 1 aromatic rings. The fourth-order valence-electron chi connectivity index (χ4n) is 2.82. The summed E-state index contributed by atoms with van der Waals surface area (Å²) in [6.45, 7) is 7.97. The number of aliphatic imine (C=N–C) groups is 1. The third-order valence-electron chi connectivity index (χ3n) is 4.16. The molecule has 1 aromatic carbocycles. The van der Waals surface area contributed by atoms with Crippen molar-refractivity contribution >= 4 is 41.5 Å². The van der Waals surface area contributed by atoms with Crippen molar-refractivity contribution in [3.8, 4) is 0 Å². The number of benzene rings is 1. The zero-order chi connectivity index (χ0) is 17.9. The molecule has 0 saturated carbocycles. The quantitative estimate of drug-likeness (QED) is 0.238. The van der Waals surface area contributed by atoms with E-state index in [-0.39, 0.29) is 30.0 Å². The van der Waals surface area contributed by atoms with Crippen molar-refractivity contribution in [3.05, 3.63) is 34.9 Å². The van der Waals surface area contributed by atoms with Crippen LogP contribution in [0.5, 0.6) is 0 Å². The molecule has 1 aliphatic rings. The van der Waals surface area contributed by atoms with Gasteiger partial charge in [0.05, 0.1) is 25.8 Å². The second kappa shape index (κ2) is 13.5. The highest BCUT2D eigenvalue weighted by Crippen LogP contribution is 2.28. The van der Waals surface area contributed by atoms with E-state index in [0.29, 0.717) is 12.5 Å². The summed E-state index contributed by atoms with van der Waals surface area (Å²) in [5.41, 5.74) is 7.09. The first kappa shape index (κ1) is 23.4. The molecule has 1 fully saturated rings. The molecule has 0 radical (unpaired) electrons. The van der Waals surface area contributed by atoms with Crippen molar-refractivity contribution < 1.29 is 9.47 Å². The number of halogens is 2. The van der Waals surface area contributed by atoms with Crippen molar-refractivity contribution in [1.82, 2.24) is 10.2 Å². The Morgan fingerprint density at radius 3 is 2.81 bits per heavy atom. The van der Waals surface area contributed by atoms with Crippen molar-refractivity contribution in [3.63, 3.8) is 0 Å². The van der Waals surface area contributed by atoms with Crippen LogP contribution in [0.3, 0.4) is 0 Å². The molecular formula is C18H30ClIN4O2. The first-order valence-electron chi connectivity index (χ1n) is 8.90. The second-order valence-electron chi connectivity index (χ2n) is 5.89. The Kier molecular flexibility index (Phi) is 12.2. The average molecular weight is 497 g/mol. The fourth-order valence-corrected chi connectivity index (χ4v) is 3.08. The second-order valence-corrected chi connectivity index (χ2v) is 6.30. The molecule has 2 rings (SSSR count). The van der Waals surface area contributed by atoms with Gasteiger partial charge in [0, 0.05) is 37.9 Å². The molecule has 1 unspecified atom stereocenters. The van der Waals surface area contributed by atoms with Gasteiger partial charge in [-0.05, 0) is 25.0 Å². The molecule has 1 atom stereocenters. The van der Waals surface area contributed by atoms with E-state index in [1.807, 2.05) is 25.1 Å². The van der Waals surface area contributed by atoms with E-state index in [1.54, 1.807) is 0 Å². The standard InChI is InChI=1S/C18H29ClN4O2.HI/c1-2-24-11-5-8-21-18(20)22-14-17(23-9-12-25-13-10-23)15-6-3-4-7-16(15)19;/h3-4,6-7,17H,2,5,8-14H2,1H3,(H3,20,21,22);1H. The van der Waals surface area contributed by atoms with Gasteiger partial charge in [0.25, 0.3) is 0 Å². The highest BCUT2D eigenvalue weighted by atomic mass is 127. The molecule has 0 bridgehead atoms. The highest BCUT2D eigenvalue weighted by Gasteiger charge is 2.24. The Balaban J connectivity index is 0.00000338. The van der Waals surface area contributed by atoms with Gasteiger partial charge in [0.2, 0.25) is 0 Å². The molecule has 148 valence electrons. The highest BCUT2D eigenvalue weighted by molar-refractivity contribution is 14.0. The fraction of sp³-hybridized carbons (Fsp3) is 0.611. The number of hydrogen-bond donors (Lipinski definition) is 2. The zero-order valence-corrected chi connectivity index (χ0v) is 18.4. The monoisotopic (exact) mass is 496 g/mol. The van der Waals surface area contributed by atoms with Gasteiger partial charge in [-0.15, -0.1) is 24.0 Å². The molecule has 0 spiro atoms. The van der Waals surface area contributed by atoms with Gasteiger partial charge >= 0.3 is 0 Å². The summed E-state index contributed by atoms with van der Waals surface area (Å²) < 4.78 is 10.8. The molecule has 26 heavy (non-hydrogen) atoms. The van der Waals surface area contributed by atoms with Crippen LogP contribution in [0.2, 0.25) is 5.02 Å². The molecule has 1 heterocycles. The van der Waals surface area contributed by atoms with Gasteiger partial charge in [-0.25, -0.2) is 0 Å². The summed E-state index contributed by atoms with van der Waals surface area (Å²) in [6.07, 6.45) is 0.904. The number of hydrogen-bond acceptors (Lipinski definition) is 4. The maximum absolute atomic E-state index is 6.42. The number of rotatable bonds is 9. The van der Waals surface area contributed by atoms with Crippen LogP contribution in [0.15, 0.2) is 29.3 Å². The summed E-state index contributed by atoms with van der Waals surface area (Å²) in [5, 5.41) is 3.90. The van der Waals surface area contributed by atoms with E-state index < -0.39 is 0 Å². The Labute approximate surface area is 178 Å². The van der Waals surface area contributed by atoms with Crippen LogP contribution in [0.25, 0.3) is 0 Å². The minimum Gasteiger partial charge on any atom is -0.382 e. The van der Waals surface area contributed by atoms with E-state index in [9.17, 15) is 0 Å². The smallest absolute Gasteiger partial charge is 0.188 e. The first-order valence-corrected chi connectivity index (χ1v) is 9.28. The Morgan fingerprint density at radius 1 is 1.38 bits per heavy atom. The molecule has 8 heteroatoms. The lowest BCUT2D eigenvalue weighted by molar-refractivity contribution is 0.0180. The minimum atomic E-state index is 0. The van der Waals surface area contributed by atoms with Crippen molar-refractivity contribution in [1.29, 1.82) is 0 Å². The predicted octanol–water partition coefficient (Wildman–Crippen LogP) is 2.66. The molecule has 1 aliphatic heterocycles. The van der Waals surface area contributed by atoms with Crippen LogP contribution >= 0.6 is 35.6 Å². The third-order valence-corrected chi connectivity index (χ3v) is 4.51. The predicted molar refractivity (Wildman–Crippen MR) is 118 cm³/mol. The number of nitrogens with one attached hydrogen (secondary N) is 1. The largest absolute Gasteiger partial charge is 0.382 e. The number of morpholine rings is 1. The van der Waals surface area contributed by atoms with Crippen molar-refractivity contribution in [2.24, 2.45) is 10.7 Å². The van der Waals surface area contributed by atoms with Gasteiger partial charge < -0.3 is 20.5 Å². The van der Waals surface area contributed by atoms with Crippen LogP contribution in [0.4, 0.5) is 0 Å². The maximum atomic E-state index is 6.42. The molecule has 0 aliphatic carbocycles. The van der Waals surface area contributed by atoms with Gasteiger partial charge in [-0.2, -0.15) is 0 Å². The lowest BCUT2D eigenvalue weighted by Gasteiger charge is -2.34. The zero-order valence-electron chi connectivity index (χ0n) is 15.3. The molecule has 1 saturated heterocycles. The number of ether oxygens (including phenoxy) is 2. The lowest BCUT2D eigenvalue weighted by atomic mass is 10.0. The van der Waals surface area contributed by atoms with Gasteiger partial charge in [0.15, 0.2) is 5.96 Å². The third kappa shape index (κ3) is 7.96. The molecule has 3 N–H and O–H groups in total. The summed E-state index contributed by atoms with van der Waals surface area (Å²) in [7, 11) is 0. The maximum Gasteiger partial charge on any atom is 0.188 e. The van der Waals surface area contributed by atoms with Gasteiger partial charge in [-0.1, -0.05) is 29.8 Å². The van der Waals surface area contributed by atoms with Crippen molar-refractivity contribution in [2.75, 3.05) is 52.6 Å². The Bertz CT molecular complexity index is 542. The average Bonchev–Trinajstić information content (AvgIpc) is 2.64. The van der Waals surface area contributed by atoms with Crippen LogP contribution in [0, 0.1) is 0 Å². The molecular weight excluding hydrogens is 467 g/mol. The van der Waals surface area contributed by atoms with E-state index in [2.05, 4.69) is 21.3 Å². The topological polar surface area (TPSA) is 72.1 Å². The van der Waals surface area contributed by atoms with Crippen LogP contribution in [-0.2, 0) is 9.47 Å². The summed E-state index contributed by atoms with van der Waals surface area (Å²) in [5.74, 6) is 0.460. The van der Waals surface area contributed by atoms with Crippen LogP contribution < -0.4 is 11.1 Å². The van der Waals surface area contributed by atoms with E-state index >= 15 is 0 Å². The summed E-state index contributed by atoms with van der Waals surface area (Å²) in [6, 6.07) is 8.03. The lowest BCUT2D eigenvalue weighted by Crippen LogP contribution is -2.41. The molecule has 6 nitrogen and oxygen atoms in total. The summed E-state index contributed by atoms with van der Waals surface area (Å²) in [4.78, 5) is 6.89. The van der Waals surface area contributed by atoms with Crippen LogP contribution in [-0.4, -0.2) is 63.5 Å². The Hall–Kier alpha value is -0.610. The Morgan fingerprint density at radius 2 is 2.12 bits per heavy atom. The normalized spacial score (nSPS) is 16.8. The minimum absolute atomic E-state index is 0. The summed E-state index contributed by atoms with van der Waals surface area (Å²) >= 11 is 6.42. The number of nitrogens with two attached hydrogens (primary N) is 1. The van der Waals surface area contributed by atoms with E-state index in [1.165, 1.54) is 0 Å². The van der Waals surface area contributed by atoms with Gasteiger partial charge in [-0.3, -0.25) is 9.89 Å².